The molecule has 2 fully saturated rings. The average Bonchev–Trinajstić information content (AvgIpc) is 2.91. The van der Waals surface area contributed by atoms with Gasteiger partial charge in [-0.25, -0.2) is 0 Å². The summed E-state index contributed by atoms with van der Waals surface area (Å²) in [5, 5.41) is 0. The second kappa shape index (κ2) is 6.57. The van der Waals surface area contributed by atoms with Crippen LogP contribution in [0.2, 0.25) is 0 Å². The van der Waals surface area contributed by atoms with Crippen LogP contribution in [0.1, 0.15) is 59.3 Å². The average molecular weight is 312 g/mol. The standard InChI is InChI=1S/C17H28O5/c1-5-21-15(19)16(2,3)17(11-10-14(18)22-17)12-6-8-13(20-4)9-7-12/h12-13H,5-11H2,1-4H3/t12?,13?,17-/m0/s1. The van der Waals surface area contributed by atoms with E-state index in [4.69, 9.17) is 14.2 Å². The summed E-state index contributed by atoms with van der Waals surface area (Å²) in [5.41, 5.74) is -1.57. The summed E-state index contributed by atoms with van der Waals surface area (Å²) >= 11 is 0. The third-order valence-corrected chi connectivity index (χ3v) is 5.51. The van der Waals surface area contributed by atoms with Crippen molar-refractivity contribution in [3.63, 3.8) is 0 Å². The molecule has 0 aromatic heterocycles. The van der Waals surface area contributed by atoms with Gasteiger partial charge in [-0.1, -0.05) is 0 Å². The van der Waals surface area contributed by atoms with E-state index < -0.39 is 11.0 Å². The second-order valence-electron chi connectivity index (χ2n) is 6.92. The highest BCUT2D eigenvalue weighted by atomic mass is 16.6. The molecule has 1 aliphatic carbocycles. The van der Waals surface area contributed by atoms with Crippen molar-refractivity contribution >= 4 is 11.9 Å². The Balaban J connectivity index is 2.25. The van der Waals surface area contributed by atoms with Crippen LogP contribution in [0.15, 0.2) is 0 Å². The third kappa shape index (κ3) is 2.87. The number of rotatable bonds is 5. The molecule has 1 heterocycles. The smallest absolute Gasteiger partial charge is 0.315 e. The summed E-state index contributed by atoms with van der Waals surface area (Å²) in [6.45, 7) is 5.84. The van der Waals surface area contributed by atoms with Crippen LogP contribution >= 0.6 is 0 Å². The SMILES string of the molecule is CCOC(=O)C(C)(C)[C@@]1(C2CCC(OC)CC2)CCC(=O)O1. The minimum atomic E-state index is -0.834. The van der Waals surface area contributed by atoms with Gasteiger partial charge in [-0.15, -0.1) is 0 Å². The zero-order valence-corrected chi connectivity index (χ0v) is 14.1. The van der Waals surface area contributed by atoms with Crippen molar-refractivity contribution in [1.82, 2.24) is 0 Å². The van der Waals surface area contributed by atoms with Gasteiger partial charge in [0.25, 0.3) is 0 Å². The van der Waals surface area contributed by atoms with Crippen molar-refractivity contribution in [2.45, 2.75) is 71.0 Å². The van der Waals surface area contributed by atoms with E-state index >= 15 is 0 Å². The highest BCUT2D eigenvalue weighted by Crippen LogP contribution is 2.52. The lowest BCUT2D eigenvalue weighted by Crippen LogP contribution is -2.56. The maximum Gasteiger partial charge on any atom is 0.315 e. The molecule has 2 aliphatic rings. The van der Waals surface area contributed by atoms with Crippen molar-refractivity contribution in [2.24, 2.45) is 11.3 Å². The van der Waals surface area contributed by atoms with Gasteiger partial charge in [0.1, 0.15) is 11.0 Å². The Morgan fingerprint density at radius 3 is 2.41 bits per heavy atom. The van der Waals surface area contributed by atoms with Crippen molar-refractivity contribution in [3.05, 3.63) is 0 Å². The highest BCUT2D eigenvalue weighted by Gasteiger charge is 2.60. The number of carbonyl (C=O) groups excluding carboxylic acids is 2. The summed E-state index contributed by atoms with van der Waals surface area (Å²) < 4.78 is 16.5. The van der Waals surface area contributed by atoms with E-state index in [2.05, 4.69) is 0 Å². The van der Waals surface area contributed by atoms with Crippen LogP contribution in [0.3, 0.4) is 0 Å². The van der Waals surface area contributed by atoms with E-state index in [9.17, 15) is 9.59 Å². The summed E-state index contributed by atoms with van der Waals surface area (Å²) in [5.74, 6) is -0.297. The van der Waals surface area contributed by atoms with Gasteiger partial charge in [0.05, 0.1) is 12.7 Å². The topological polar surface area (TPSA) is 61.8 Å². The molecule has 0 aromatic carbocycles. The van der Waals surface area contributed by atoms with Crippen LogP contribution in [0.25, 0.3) is 0 Å². The minimum Gasteiger partial charge on any atom is -0.465 e. The summed E-state index contributed by atoms with van der Waals surface area (Å²) in [7, 11) is 1.74. The molecule has 1 aliphatic heterocycles. The summed E-state index contributed by atoms with van der Waals surface area (Å²) in [4.78, 5) is 24.3. The van der Waals surface area contributed by atoms with Crippen LogP contribution in [-0.2, 0) is 23.8 Å². The Kier molecular flexibility index (Phi) is 5.15. The van der Waals surface area contributed by atoms with Gasteiger partial charge in [-0.2, -0.15) is 0 Å². The fourth-order valence-electron chi connectivity index (χ4n) is 4.08. The molecule has 0 spiro atoms. The largest absolute Gasteiger partial charge is 0.465 e. The molecule has 22 heavy (non-hydrogen) atoms. The van der Waals surface area contributed by atoms with E-state index in [1.807, 2.05) is 13.8 Å². The molecule has 126 valence electrons. The fraction of sp³-hybridized carbons (Fsp3) is 0.882. The normalized spacial score (nSPS) is 32.6. The monoisotopic (exact) mass is 312 g/mol. The first kappa shape index (κ1) is 17.3. The molecule has 0 aromatic rings. The molecule has 0 amide bonds. The van der Waals surface area contributed by atoms with Crippen LogP contribution in [0, 0.1) is 11.3 Å². The van der Waals surface area contributed by atoms with E-state index in [0.29, 0.717) is 19.4 Å². The van der Waals surface area contributed by atoms with Gasteiger partial charge in [0.2, 0.25) is 0 Å². The molecule has 5 nitrogen and oxygen atoms in total. The zero-order valence-electron chi connectivity index (χ0n) is 14.1. The Bertz CT molecular complexity index is 423. The molecular formula is C17H28O5. The molecule has 5 heteroatoms. The zero-order chi connectivity index (χ0) is 16.4. The minimum absolute atomic E-state index is 0.185. The summed E-state index contributed by atoms with van der Waals surface area (Å²) in [6.07, 6.45) is 4.96. The van der Waals surface area contributed by atoms with Crippen molar-refractivity contribution < 1.29 is 23.8 Å². The van der Waals surface area contributed by atoms with Gasteiger partial charge in [-0.3, -0.25) is 9.59 Å². The number of ether oxygens (including phenoxy) is 3. The Morgan fingerprint density at radius 2 is 1.95 bits per heavy atom. The van der Waals surface area contributed by atoms with E-state index in [1.165, 1.54) is 0 Å². The Morgan fingerprint density at radius 1 is 1.32 bits per heavy atom. The quantitative estimate of drug-likeness (QED) is 0.731. The predicted molar refractivity (Wildman–Crippen MR) is 81.2 cm³/mol. The van der Waals surface area contributed by atoms with Crippen molar-refractivity contribution in [1.29, 1.82) is 0 Å². The molecule has 1 saturated carbocycles. The number of cyclic esters (lactones) is 1. The maximum atomic E-state index is 12.5. The van der Waals surface area contributed by atoms with E-state index in [-0.39, 0.29) is 24.0 Å². The molecule has 2 rings (SSSR count). The highest BCUT2D eigenvalue weighted by molar-refractivity contribution is 5.80. The van der Waals surface area contributed by atoms with Crippen molar-refractivity contribution in [2.75, 3.05) is 13.7 Å². The number of esters is 2. The Labute approximate surface area is 132 Å². The molecule has 0 N–H and O–H groups in total. The number of carbonyl (C=O) groups is 2. The van der Waals surface area contributed by atoms with Crippen LogP contribution in [0.4, 0.5) is 0 Å². The third-order valence-electron chi connectivity index (χ3n) is 5.51. The van der Waals surface area contributed by atoms with Crippen molar-refractivity contribution in [3.8, 4) is 0 Å². The summed E-state index contributed by atoms with van der Waals surface area (Å²) in [6, 6.07) is 0. The maximum absolute atomic E-state index is 12.5. The van der Waals surface area contributed by atoms with Gasteiger partial charge < -0.3 is 14.2 Å². The van der Waals surface area contributed by atoms with Crippen LogP contribution in [-0.4, -0.2) is 37.4 Å². The Hall–Kier alpha value is -1.10. The number of methoxy groups -OCH3 is 1. The van der Waals surface area contributed by atoms with Gasteiger partial charge in [0.15, 0.2) is 0 Å². The second-order valence-corrected chi connectivity index (χ2v) is 6.92. The lowest BCUT2D eigenvalue weighted by Gasteiger charge is -2.47. The first-order valence-electron chi connectivity index (χ1n) is 8.29. The lowest BCUT2D eigenvalue weighted by molar-refractivity contribution is -0.191. The molecule has 1 saturated heterocycles. The van der Waals surface area contributed by atoms with Crippen LogP contribution < -0.4 is 0 Å². The predicted octanol–water partition coefficient (Wildman–Crippen LogP) is 2.86. The van der Waals surface area contributed by atoms with Crippen LogP contribution in [0.5, 0.6) is 0 Å². The van der Waals surface area contributed by atoms with Gasteiger partial charge in [-0.05, 0) is 52.9 Å². The first-order chi connectivity index (χ1) is 10.4. The first-order valence-corrected chi connectivity index (χ1v) is 8.29. The molecule has 1 atom stereocenters. The molecule has 0 radical (unpaired) electrons. The van der Waals surface area contributed by atoms with E-state index in [0.717, 1.165) is 25.7 Å². The molecular weight excluding hydrogens is 284 g/mol. The number of hydrogen-bond acceptors (Lipinski definition) is 5. The van der Waals surface area contributed by atoms with Gasteiger partial charge >= 0.3 is 11.9 Å². The lowest BCUT2D eigenvalue weighted by atomic mass is 9.62. The fourth-order valence-corrected chi connectivity index (χ4v) is 4.08. The van der Waals surface area contributed by atoms with E-state index in [1.54, 1.807) is 14.0 Å². The molecule has 0 bridgehead atoms. The molecule has 0 unspecified atom stereocenters. The number of hydrogen-bond donors (Lipinski definition) is 0. The van der Waals surface area contributed by atoms with Gasteiger partial charge in [0, 0.05) is 19.4 Å².